The normalized spacial score (nSPS) is 11.6. The molecule has 3 rings (SSSR count). The van der Waals surface area contributed by atoms with Crippen LogP contribution < -0.4 is 10.6 Å². The highest BCUT2D eigenvalue weighted by molar-refractivity contribution is 6.31. The van der Waals surface area contributed by atoms with Gasteiger partial charge >= 0.3 is 18.0 Å². The molecule has 1 aromatic heterocycles. The van der Waals surface area contributed by atoms with Gasteiger partial charge in [-0.2, -0.15) is 0 Å². The number of unbranched alkanes of at least 4 members (excludes halogenated alkanes) is 1. The zero-order valence-corrected chi connectivity index (χ0v) is 18.9. The van der Waals surface area contributed by atoms with Gasteiger partial charge in [0, 0.05) is 17.0 Å². The Kier molecular flexibility index (Phi) is 8.64. The molecule has 4 N–H and O–H groups in total. The van der Waals surface area contributed by atoms with E-state index in [1.165, 1.54) is 6.07 Å². The van der Waals surface area contributed by atoms with Crippen molar-refractivity contribution in [1.82, 2.24) is 10.3 Å². The average Bonchev–Trinajstić information content (AvgIpc) is 2.81. The minimum Gasteiger partial charge on any atom is -0.480 e. The highest BCUT2D eigenvalue weighted by atomic mass is 35.5. The van der Waals surface area contributed by atoms with Crippen molar-refractivity contribution in [3.8, 4) is 0 Å². The molecular formula is C24H24ClN3O6. The van der Waals surface area contributed by atoms with E-state index in [1.54, 1.807) is 18.2 Å². The van der Waals surface area contributed by atoms with Crippen LogP contribution in [-0.2, 0) is 16.1 Å². The van der Waals surface area contributed by atoms with Crippen LogP contribution in [0.25, 0.3) is 10.9 Å². The van der Waals surface area contributed by atoms with Crippen molar-refractivity contribution >= 4 is 46.4 Å². The van der Waals surface area contributed by atoms with Crippen molar-refractivity contribution in [1.29, 1.82) is 0 Å². The topological polar surface area (TPSA) is 138 Å². The van der Waals surface area contributed by atoms with Crippen LogP contribution in [0, 0.1) is 0 Å². The number of nitrogens with zero attached hydrogens (tertiary/aromatic N) is 1. The standard InChI is InChI=1S/C24H24ClN3O6/c25-17-9-10-19-16(12-17)13-18(22(29)30)21(27-19)28-20(23(31)32)8-4-5-11-26-24(33)34-14-15-6-2-1-3-7-15/h1-3,6-7,9-10,12-13,20H,4-5,8,11,14H2,(H,26,33)(H,27,28)(H,29,30)(H,31,32). The van der Waals surface area contributed by atoms with E-state index >= 15 is 0 Å². The number of pyridine rings is 1. The maximum atomic E-state index is 11.8. The number of aromatic nitrogens is 1. The molecule has 178 valence electrons. The van der Waals surface area contributed by atoms with Crippen molar-refractivity contribution in [3.05, 3.63) is 70.7 Å². The Morgan fingerprint density at radius 1 is 1.03 bits per heavy atom. The Balaban J connectivity index is 1.52. The quantitative estimate of drug-likeness (QED) is 0.290. The van der Waals surface area contributed by atoms with E-state index in [2.05, 4.69) is 15.6 Å². The number of carbonyl (C=O) groups excluding carboxylic acids is 1. The fourth-order valence-electron chi connectivity index (χ4n) is 3.28. The van der Waals surface area contributed by atoms with Gasteiger partial charge in [-0.15, -0.1) is 0 Å². The molecule has 0 aliphatic carbocycles. The van der Waals surface area contributed by atoms with E-state index in [0.29, 0.717) is 35.3 Å². The van der Waals surface area contributed by atoms with Gasteiger partial charge in [0.15, 0.2) is 0 Å². The van der Waals surface area contributed by atoms with Crippen LogP contribution in [0.5, 0.6) is 0 Å². The highest BCUT2D eigenvalue weighted by Crippen LogP contribution is 2.24. The molecular weight excluding hydrogens is 462 g/mol. The number of carboxylic acid groups (broad SMARTS) is 2. The van der Waals surface area contributed by atoms with Crippen LogP contribution in [0.1, 0.15) is 35.2 Å². The average molecular weight is 486 g/mol. The van der Waals surface area contributed by atoms with Crippen molar-refractivity contribution in [2.75, 3.05) is 11.9 Å². The minimum atomic E-state index is -1.24. The molecule has 0 saturated carbocycles. The van der Waals surface area contributed by atoms with E-state index in [-0.39, 0.29) is 24.4 Å². The minimum absolute atomic E-state index is 0.0302. The summed E-state index contributed by atoms with van der Waals surface area (Å²) in [6.07, 6.45) is 0.633. The summed E-state index contributed by atoms with van der Waals surface area (Å²) in [6, 6.07) is 14.5. The molecule has 0 fully saturated rings. The summed E-state index contributed by atoms with van der Waals surface area (Å²) in [6.45, 7) is 0.476. The second-order valence-corrected chi connectivity index (χ2v) is 7.98. The summed E-state index contributed by atoms with van der Waals surface area (Å²) in [5, 5.41) is 25.5. The first-order chi connectivity index (χ1) is 16.3. The molecule has 0 bridgehead atoms. The lowest BCUT2D eigenvalue weighted by molar-refractivity contribution is -0.138. The van der Waals surface area contributed by atoms with Gasteiger partial charge in [0.2, 0.25) is 0 Å². The Labute approximate surface area is 200 Å². The fraction of sp³-hybridized carbons (Fsp3) is 0.250. The number of aromatic carboxylic acids is 1. The molecule has 0 spiro atoms. The second-order valence-electron chi connectivity index (χ2n) is 7.55. The Bertz CT molecular complexity index is 1170. The van der Waals surface area contributed by atoms with Gasteiger partial charge in [0.1, 0.15) is 24.0 Å². The Morgan fingerprint density at radius 3 is 2.50 bits per heavy atom. The molecule has 0 radical (unpaired) electrons. The molecule has 0 aliphatic heterocycles. The van der Waals surface area contributed by atoms with E-state index in [0.717, 1.165) is 5.56 Å². The first-order valence-corrected chi connectivity index (χ1v) is 11.0. The molecule has 1 heterocycles. The number of ether oxygens (including phenoxy) is 1. The van der Waals surface area contributed by atoms with Crippen molar-refractivity contribution in [2.45, 2.75) is 31.9 Å². The molecule has 34 heavy (non-hydrogen) atoms. The number of anilines is 1. The monoisotopic (exact) mass is 485 g/mol. The van der Waals surface area contributed by atoms with E-state index < -0.39 is 24.1 Å². The van der Waals surface area contributed by atoms with Gasteiger partial charge in [-0.25, -0.2) is 19.4 Å². The van der Waals surface area contributed by atoms with E-state index in [4.69, 9.17) is 16.3 Å². The number of halogens is 1. The lowest BCUT2D eigenvalue weighted by Gasteiger charge is -2.17. The highest BCUT2D eigenvalue weighted by Gasteiger charge is 2.22. The van der Waals surface area contributed by atoms with Crippen LogP contribution in [-0.4, -0.2) is 45.8 Å². The largest absolute Gasteiger partial charge is 0.480 e. The number of carboxylic acids is 2. The summed E-state index contributed by atoms with van der Waals surface area (Å²) in [4.78, 5) is 39.5. The molecule has 3 aromatic rings. The molecule has 1 amide bonds. The van der Waals surface area contributed by atoms with Gasteiger partial charge in [-0.05, 0) is 49.1 Å². The molecule has 9 nitrogen and oxygen atoms in total. The number of aliphatic carboxylic acids is 1. The third kappa shape index (κ3) is 7.08. The number of fused-ring (bicyclic) bond motifs is 1. The lowest BCUT2D eigenvalue weighted by atomic mass is 10.1. The van der Waals surface area contributed by atoms with Crippen LogP contribution in [0.2, 0.25) is 5.02 Å². The SMILES string of the molecule is O=C(NCCCCC(Nc1nc2ccc(Cl)cc2cc1C(=O)O)C(=O)O)OCc1ccccc1. The predicted molar refractivity (Wildman–Crippen MR) is 127 cm³/mol. The predicted octanol–water partition coefficient (Wildman–Crippen LogP) is 4.55. The van der Waals surface area contributed by atoms with Gasteiger partial charge in [0.05, 0.1) is 5.52 Å². The number of hydrogen-bond donors (Lipinski definition) is 4. The summed E-state index contributed by atoms with van der Waals surface area (Å²) in [5.41, 5.74) is 1.21. The third-order valence-corrected chi connectivity index (χ3v) is 5.25. The first-order valence-electron chi connectivity index (χ1n) is 10.6. The first kappa shape index (κ1) is 24.8. The molecule has 2 aromatic carbocycles. The number of hydrogen-bond acceptors (Lipinski definition) is 6. The zero-order valence-electron chi connectivity index (χ0n) is 18.2. The van der Waals surface area contributed by atoms with Crippen LogP contribution in [0.4, 0.5) is 10.6 Å². The zero-order chi connectivity index (χ0) is 24.5. The molecule has 1 atom stereocenters. The van der Waals surface area contributed by atoms with Crippen LogP contribution >= 0.6 is 11.6 Å². The maximum absolute atomic E-state index is 11.8. The number of carbonyl (C=O) groups is 3. The third-order valence-electron chi connectivity index (χ3n) is 5.02. The van der Waals surface area contributed by atoms with Gasteiger partial charge in [-0.3, -0.25) is 0 Å². The molecule has 0 aliphatic rings. The molecule has 1 unspecified atom stereocenters. The van der Waals surface area contributed by atoms with Gasteiger partial charge in [0.25, 0.3) is 0 Å². The number of nitrogens with one attached hydrogen (secondary N) is 2. The smallest absolute Gasteiger partial charge is 0.407 e. The number of benzene rings is 2. The van der Waals surface area contributed by atoms with Crippen molar-refractivity contribution in [3.63, 3.8) is 0 Å². The van der Waals surface area contributed by atoms with E-state index in [1.807, 2.05) is 30.3 Å². The Hall–Kier alpha value is -3.85. The maximum Gasteiger partial charge on any atom is 0.407 e. The number of amides is 1. The van der Waals surface area contributed by atoms with Gasteiger partial charge < -0.3 is 25.6 Å². The van der Waals surface area contributed by atoms with Gasteiger partial charge in [-0.1, -0.05) is 41.9 Å². The molecule has 10 heteroatoms. The fourth-order valence-corrected chi connectivity index (χ4v) is 3.46. The second kappa shape index (κ2) is 11.9. The van der Waals surface area contributed by atoms with Crippen LogP contribution in [0.3, 0.4) is 0 Å². The summed E-state index contributed by atoms with van der Waals surface area (Å²) in [5.74, 6) is -2.40. The van der Waals surface area contributed by atoms with Crippen LogP contribution in [0.15, 0.2) is 54.6 Å². The van der Waals surface area contributed by atoms with E-state index in [9.17, 15) is 24.6 Å². The summed E-state index contributed by atoms with van der Waals surface area (Å²) >= 11 is 5.96. The summed E-state index contributed by atoms with van der Waals surface area (Å²) < 4.78 is 5.12. The van der Waals surface area contributed by atoms with Crippen molar-refractivity contribution in [2.24, 2.45) is 0 Å². The Morgan fingerprint density at radius 2 is 1.79 bits per heavy atom. The number of rotatable bonds is 11. The molecule has 0 saturated heterocycles. The lowest BCUT2D eigenvalue weighted by Crippen LogP contribution is -2.31. The summed E-state index contributed by atoms with van der Waals surface area (Å²) in [7, 11) is 0. The number of alkyl carbamates (subject to hydrolysis) is 1. The van der Waals surface area contributed by atoms with Crippen molar-refractivity contribution < 1.29 is 29.3 Å².